The first kappa shape index (κ1) is 12.8. The summed E-state index contributed by atoms with van der Waals surface area (Å²) in [5.74, 6) is 1.39. The van der Waals surface area contributed by atoms with Gasteiger partial charge in [-0.2, -0.15) is 0 Å². The van der Waals surface area contributed by atoms with Gasteiger partial charge < -0.3 is 9.15 Å². The Labute approximate surface area is 98.3 Å². The molecule has 0 spiro atoms. The van der Waals surface area contributed by atoms with Gasteiger partial charge in [0.15, 0.2) is 5.12 Å². The molecule has 0 aliphatic heterocycles. The van der Waals surface area contributed by atoms with Crippen molar-refractivity contribution < 1.29 is 18.7 Å². The van der Waals surface area contributed by atoms with E-state index in [-0.39, 0.29) is 5.12 Å². The van der Waals surface area contributed by atoms with Crippen LogP contribution in [0.15, 0.2) is 22.8 Å². The predicted molar refractivity (Wildman–Crippen MR) is 60.9 cm³/mol. The van der Waals surface area contributed by atoms with Crippen LogP contribution in [-0.2, 0) is 20.1 Å². The summed E-state index contributed by atoms with van der Waals surface area (Å²) in [6.45, 7) is 0.813. The van der Waals surface area contributed by atoms with Crippen LogP contribution < -0.4 is 0 Å². The minimum atomic E-state index is 0.141. The maximum Gasteiger partial charge on any atom is 0.293 e. The van der Waals surface area contributed by atoms with Gasteiger partial charge in [0.05, 0.1) is 18.6 Å². The highest BCUT2D eigenvalue weighted by Crippen LogP contribution is 2.16. The quantitative estimate of drug-likeness (QED) is 0.517. The van der Waals surface area contributed by atoms with Crippen LogP contribution in [0, 0.1) is 0 Å². The number of thioether (sulfide) groups is 1. The van der Waals surface area contributed by atoms with E-state index in [9.17, 15) is 9.59 Å². The molecule has 4 nitrogen and oxygen atoms in total. The zero-order chi connectivity index (χ0) is 11.6. The summed E-state index contributed by atoms with van der Waals surface area (Å²) in [6.07, 6.45) is 3.58. The number of carbonyl (C=O) groups is 2. The van der Waals surface area contributed by atoms with Crippen LogP contribution in [0.25, 0.3) is 0 Å². The Kier molecular flexibility index (Phi) is 6.41. The van der Waals surface area contributed by atoms with E-state index in [1.807, 2.05) is 6.07 Å². The lowest BCUT2D eigenvalue weighted by Gasteiger charge is -1.99. The topological polar surface area (TPSA) is 56.5 Å². The van der Waals surface area contributed by atoms with Gasteiger partial charge in [-0.15, -0.1) is 0 Å². The average Bonchev–Trinajstić information content (AvgIpc) is 2.79. The van der Waals surface area contributed by atoms with Crippen molar-refractivity contribution in [2.75, 3.05) is 6.61 Å². The van der Waals surface area contributed by atoms with Gasteiger partial charge in [0.2, 0.25) is 0 Å². The van der Waals surface area contributed by atoms with Crippen molar-refractivity contribution in [1.29, 1.82) is 0 Å². The van der Waals surface area contributed by atoms with Crippen molar-refractivity contribution in [3.05, 3.63) is 24.2 Å². The number of ether oxygens (including phenoxy) is 1. The summed E-state index contributed by atoms with van der Waals surface area (Å²) >= 11 is 1.25. The second kappa shape index (κ2) is 7.98. The Morgan fingerprint density at radius 2 is 2.38 bits per heavy atom. The van der Waals surface area contributed by atoms with Crippen molar-refractivity contribution >= 4 is 23.3 Å². The maximum atomic E-state index is 11.4. The van der Waals surface area contributed by atoms with Crippen molar-refractivity contribution in [2.24, 2.45) is 0 Å². The molecule has 0 fully saturated rings. The third kappa shape index (κ3) is 5.60. The van der Waals surface area contributed by atoms with E-state index in [0.717, 1.165) is 18.6 Å². The average molecular weight is 242 g/mol. The molecule has 0 bridgehead atoms. The first-order valence-corrected chi connectivity index (χ1v) is 6.04. The van der Waals surface area contributed by atoms with Gasteiger partial charge in [-0.1, -0.05) is 11.8 Å². The number of hydrogen-bond donors (Lipinski definition) is 0. The summed E-state index contributed by atoms with van der Waals surface area (Å²) in [6, 6.07) is 3.65. The molecule has 0 aliphatic rings. The number of unbranched alkanes of at least 4 members (excludes halogenated alkanes) is 1. The fraction of sp³-hybridized carbons (Fsp3) is 0.455. The van der Waals surface area contributed by atoms with E-state index < -0.39 is 0 Å². The van der Waals surface area contributed by atoms with Gasteiger partial charge in [0.1, 0.15) is 5.76 Å². The van der Waals surface area contributed by atoms with E-state index in [1.54, 1.807) is 12.3 Å². The fourth-order valence-corrected chi connectivity index (χ4v) is 1.88. The summed E-state index contributed by atoms with van der Waals surface area (Å²) in [4.78, 5) is 21.2. The minimum absolute atomic E-state index is 0.141. The van der Waals surface area contributed by atoms with E-state index in [4.69, 9.17) is 4.42 Å². The van der Waals surface area contributed by atoms with Gasteiger partial charge in [-0.05, 0) is 25.0 Å². The largest absolute Gasteiger partial charge is 0.468 e. The number of rotatable bonds is 8. The molecule has 0 saturated carbocycles. The molecular formula is C11H14O4S. The Morgan fingerprint density at radius 1 is 1.50 bits per heavy atom. The van der Waals surface area contributed by atoms with Crippen LogP contribution in [0.2, 0.25) is 0 Å². The molecule has 5 heteroatoms. The third-order valence-electron chi connectivity index (χ3n) is 1.92. The van der Waals surface area contributed by atoms with Crippen LogP contribution in [0.1, 0.15) is 25.0 Å². The summed E-state index contributed by atoms with van der Waals surface area (Å²) < 4.78 is 9.63. The number of furan rings is 1. The minimum Gasteiger partial charge on any atom is -0.468 e. The molecule has 1 aromatic rings. The van der Waals surface area contributed by atoms with Gasteiger partial charge in [-0.25, -0.2) is 0 Å². The first-order chi connectivity index (χ1) is 7.83. The number of carbonyl (C=O) groups excluding carboxylic acids is 2. The molecule has 0 saturated heterocycles. The molecule has 0 N–H and O–H groups in total. The van der Waals surface area contributed by atoms with Crippen molar-refractivity contribution in [3.8, 4) is 0 Å². The lowest BCUT2D eigenvalue weighted by atomic mass is 10.3. The van der Waals surface area contributed by atoms with Gasteiger partial charge in [-0.3, -0.25) is 9.59 Å². The second-order valence-electron chi connectivity index (χ2n) is 3.16. The Bertz CT molecular complexity index is 308. The molecule has 0 aromatic carbocycles. The Morgan fingerprint density at radius 3 is 3.06 bits per heavy atom. The van der Waals surface area contributed by atoms with Crippen LogP contribution in [0.5, 0.6) is 0 Å². The van der Waals surface area contributed by atoms with E-state index in [0.29, 0.717) is 25.3 Å². The second-order valence-corrected chi connectivity index (χ2v) is 4.20. The monoisotopic (exact) mass is 242 g/mol. The molecule has 1 rings (SSSR count). The molecule has 0 atom stereocenters. The smallest absolute Gasteiger partial charge is 0.293 e. The standard InChI is InChI=1S/C11H14O4S/c12-9-14-6-2-1-5-11(13)16-8-10-4-3-7-15-10/h3-4,7,9H,1-2,5-6,8H2. The van der Waals surface area contributed by atoms with E-state index >= 15 is 0 Å². The molecule has 0 amide bonds. The summed E-state index contributed by atoms with van der Waals surface area (Å²) in [5, 5.41) is 0.141. The van der Waals surface area contributed by atoms with Crippen LogP contribution in [0.3, 0.4) is 0 Å². The third-order valence-corrected chi connectivity index (χ3v) is 2.87. The van der Waals surface area contributed by atoms with E-state index in [1.165, 1.54) is 11.8 Å². The predicted octanol–water partition coefficient (Wildman–Crippen LogP) is 2.38. The first-order valence-electron chi connectivity index (χ1n) is 5.06. The van der Waals surface area contributed by atoms with Crippen molar-refractivity contribution in [2.45, 2.75) is 25.0 Å². The molecule has 0 radical (unpaired) electrons. The lowest BCUT2D eigenvalue weighted by Crippen LogP contribution is -1.96. The normalized spacial score (nSPS) is 10.0. The SMILES string of the molecule is O=COCCCCC(=O)SCc1ccco1. The Hall–Kier alpha value is -1.23. The number of hydrogen-bond acceptors (Lipinski definition) is 5. The summed E-state index contributed by atoms with van der Waals surface area (Å²) in [7, 11) is 0. The van der Waals surface area contributed by atoms with Gasteiger partial charge in [0, 0.05) is 6.42 Å². The zero-order valence-corrected chi connectivity index (χ0v) is 9.70. The van der Waals surface area contributed by atoms with Crippen LogP contribution >= 0.6 is 11.8 Å². The summed E-state index contributed by atoms with van der Waals surface area (Å²) in [5.41, 5.74) is 0. The molecule has 1 heterocycles. The maximum absolute atomic E-state index is 11.4. The van der Waals surface area contributed by atoms with E-state index in [2.05, 4.69) is 4.74 Å². The molecule has 0 unspecified atom stereocenters. The molecule has 88 valence electrons. The van der Waals surface area contributed by atoms with Crippen molar-refractivity contribution in [1.82, 2.24) is 0 Å². The fourth-order valence-electron chi connectivity index (χ4n) is 1.12. The molecule has 1 aromatic heterocycles. The molecule has 0 aliphatic carbocycles. The molecular weight excluding hydrogens is 228 g/mol. The van der Waals surface area contributed by atoms with Crippen molar-refractivity contribution in [3.63, 3.8) is 0 Å². The Balaban J connectivity index is 2.00. The van der Waals surface area contributed by atoms with Crippen LogP contribution in [-0.4, -0.2) is 18.2 Å². The highest BCUT2D eigenvalue weighted by Gasteiger charge is 2.04. The van der Waals surface area contributed by atoms with Gasteiger partial charge in [0.25, 0.3) is 6.47 Å². The van der Waals surface area contributed by atoms with Gasteiger partial charge >= 0.3 is 0 Å². The highest BCUT2D eigenvalue weighted by atomic mass is 32.2. The molecule has 16 heavy (non-hydrogen) atoms. The highest BCUT2D eigenvalue weighted by molar-refractivity contribution is 8.12. The zero-order valence-electron chi connectivity index (χ0n) is 8.89. The lowest BCUT2D eigenvalue weighted by molar-refractivity contribution is -0.128. The van der Waals surface area contributed by atoms with Crippen LogP contribution in [0.4, 0.5) is 0 Å².